The Morgan fingerprint density at radius 1 is 1.17 bits per heavy atom. The fraction of sp³-hybridized carbons (Fsp3) is 0.708. The molecule has 0 spiro atoms. The first-order valence-corrected chi connectivity index (χ1v) is 11.4. The van der Waals surface area contributed by atoms with E-state index < -0.39 is 0 Å². The van der Waals surface area contributed by atoms with E-state index in [2.05, 4.69) is 67.5 Å². The Hall–Kier alpha value is -1.63. The van der Waals surface area contributed by atoms with Crippen molar-refractivity contribution in [2.24, 2.45) is 10.4 Å². The zero-order chi connectivity index (χ0) is 21.8. The molecule has 3 N–H and O–H groups in total. The number of aliphatic hydroxyl groups excluding tert-OH is 1. The molecule has 168 valence electrons. The fourth-order valence-corrected chi connectivity index (χ4v) is 4.46. The molecule has 0 radical (unpaired) electrons. The van der Waals surface area contributed by atoms with E-state index in [0.717, 1.165) is 51.4 Å². The minimum absolute atomic E-state index is 0.0457. The van der Waals surface area contributed by atoms with E-state index in [0.29, 0.717) is 12.6 Å². The number of nitrogens with zero attached hydrogens (tertiary/aromatic N) is 2. The van der Waals surface area contributed by atoms with Crippen LogP contribution >= 0.6 is 0 Å². The molecular weight excluding hydrogens is 376 g/mol. The number of methoxy groups -OCH3 is 1. The van der Waals surface area contributed by atoms with Crippen molar-refractivity contribution in [3.63, 3.8) is 0 Å². The van der Waals surface area contributed by atoms with Crippen molar-refractivity contribution >= 4 is 5.96 Å². The highest BCUT2D eigenvalue weighted by Crippen LogP contribution is 2.51. The number of nitrogens with one attached hydrogen (secondary N) is 2. The van der Waals surface area contributed by atoms with Gasteiger partial charge in [-0.2, -0.15) is 0 Å². The lowest BCUT2D eigenvalue weighted by molar-refractivity contribution is -0.176. The summed E-state index contributed by atoms with van der Waals surface area (Å²) in [6, 6.07) is 9.10. The third kappa shape index (κ3) is 5.16. The van der Waals surface area contributed by atoms with Crippen LogP contribution in [0.2, 0.25) is 0 Å². The highest BCUT2D eigenvalue weighted by Gasteiger charge is 2.58. The number of benzene rings is 1. The topological polar surface area (TPSA) is 69.1 Å². The van der Waals surface area contributed by atoms with Gasteiger partial charge in [-0.05, 0) is 44.2 Å². The maximum atomic E-state index is 9.66. The molecule has 3 rings (SSSR count). The lowest BCUT2D eigenvalue weighted by Crippen LogP contribution is -2.69. The van der Waals surface area contributed by atoms with Gasteiger partial charge in [0, 0.05) is 44.7 Å². The summed E-state index contributed by atoms with van der Waals surface area (Å²) in [5.74, 6) is 0.865. The van der Waals surface area contributed by atoms with Gasteiger partial charge in [-0.3, -0.25) is 4.90 Å². The SMILES string of the molecule is CCNC(=NCc1ccc(CN2CCC(O)CC2)cc1)NC1CC(C)(OC)C1(C)C. The Bertz CT molecular complexity index is 710. The Balaban J connectivity index is 1.54. The summed E-state index contributed by atoms with van der Waals surface area (Å²) in [5, 5.41) is 16.6. The highest BCUT2D eigenvalue weighted by atomic mass is 16.5. The Morgan fingerprint density at radius 3 is 2.37 bits per heavy atom. The summed E-state index contributed by atoms with van der Waals surface area (Å²) < 4.78 is 5.74. The number of guanidine groups is 1. The summed E-state index contributed by atoms with van der Waals surface area (Å²) in [7, 11) is 1.80. The third-order valence-corrected chi connectivity index (χ3v) is 7.34. The second-order valence-electron chi connectivity index (χ2n) is 9.58. The molecule has 1 aromatic carbocycles. The molecule has 6 heteroatoms. The van der Waals surface area contributed by atoms with Gasteiger partial charge in [0.2, 0.25) is 0 Å². The average molecular weight is 417 g/mol. The van der Waals surface area contributed by atoms with Crippen LogP contribution in [-0.2, 0) is 17.8 Å². The average Bonchev–Trinajstić information content (AvgIpc) is 2.74. The third-order valence-electron chi connectivity index (χ3n) is 7.34. The van der Waals surface area contributed by atoms with Crippen molar-refractivity contribution in [3.05, 3.63) is 35.4 Å². The summed E-state index contributed by atoms with van der Waals surface area (Å²) in [6.45, 7) is 13.2. The first-order valence-electron chi connectivity index (χ1n) is 11.4. The molecular formula is C24H40N4O2. The quantitative estimate of drug-likeness (QED) is 0.471. The monoisotopic (exact) mass is 416 g/mol. The van der Waals surface area contributed by atoms with Crippen LogP contribution in [0.3, 0.4) is 0 Å². The maximum Gasteiger partial charge on any atom is 0.191 e. The summed E-state index contributed by atoms with van der Waals surface area (Å²) >= 11 is 0. The summed E-state index contributed by atoms with van der Waals surface area (Å²) in [5.41, 5.74) is 2.48. The van der Waals surface area contributed by atoms with E-state index in [1.165, 1.54) is 11.1 Å². The first kappa shape index (κ1) is 23.0. The molecule has 30 heavy (non-hydrogen) atoms. The van der Waals surface area contributed by atoms with Gasteiger partial charge < -0.3 is 20.5 Å². The highest BCUT2D eigenvalue weighted by molar-refractivity contribution is 5.80. The predicted octanol–water partition coefficient (Wildman–Crippen LogP) is 2.90. The minimum atomic E-state index is -0.116. The van der Waals surface area contributed by atoms with Crippen molar-refractivity contribution in [1.29, 1.82) is 0 Å². The van der Waals surface area contributed by atoms with E-state index in [4.69, 9.17) is 9.73 Å². The molecule has 2 unspecified atom stereocenters. The molecule has 0 aromatic heterocycles. The molecule has 1 heterocycles. The fourth-order valence-electron chi connectivity index (χ4n) is 4.46. The zero-order valence-electron chi connectivity index (χ0n) is 19.4. The van der Waals surface area contributed by atoms with Gasteiger partial charge in [-0.25, -0.2) is 4.99 Å². The van der Waals surface area contributed by atoms with Crippen LogP contribution in [0, 0.1) is 5.41 Å². The Labute approximate surface area is 182 Å². The first-order chi connectivity index (χ1) is 14.3. The normalized spacial score (nSPS) is 27.5. The van der Waals surface area contributed by atoms with E-state index >= 15 is 0 Å². The number of hydrogen-bond acceptors (Lipinski definition) is 4. The van der Waals surface area contributed by atoms with Crippen molar-refractivity contribution in [3.8, 4) is 0 Å². The number of hydrogen-bond donors (Lipinski definition) is 3. The number of piperidine rings is 1. The number of aliphatic hydroxyl groups is 1. The second-order valence-corrected chi connectivity index (χ2v) is 9.58. The van der Waals surface area contributed by atoms with E-state index in [-0.39, 0.29) is 17.1 Å². The molecule has 0 amide bonds. The molecule has 6 nitrogen and oxygen atoms in total. The van der Waals surface area contributed by atoms with E-state index in [1.54, 1.807) is 7.11 Å². The van der Waals surface area contributed by atoms with E-state index in [9.17, 15) is 5.11 Å². The molecule has 1 saturated carbocycles. The van der Waals surface area contributed by atoms with Crippen molar-refractivity contribution < 1.29 is 9.84 Å². The van der Waals surface area contributed by atoms with Crippen LogP contribution in [0.4, 0.5) is 0 Å². The summed E-state index contributed by atoms with van der Waals surface area (Å²) in [4.78, 5) is 7.23. The lowest BCUT2D eigenvalue weighted by Gasteiger charge is -2.59. The van der Waals surface area contributed by atoms with Gasteiger partial charge in [0.1, 0.15) is 0 Å². The predicted molar refractivity (Wildman–Crippen MR) is 123 cm³/mol. The lowest BCUT2D eigenvalue weighted by atomic mass is 9.56. The molecule has 1 saturated heterocycles. The minimum Gasteiger partial charge on any atom is -0.393 e. The second kappa shape index (κ2) is 9.67. The van der Waals surface area contributed by atoms with Crippen LogP contribution in [0.25, 0.3) is 0 Å². The van der Waals surface area contributed by atoms with Crippen molar-refractivity contribution in [2.75, 3.05) is 26.7 Å². The van der Waals surface area contributed by atoms with Crippen molar-refractivity contribution in [1.82, 2.24) is 15.5 Å². The van der Waals surface area contributed by atoms with Gasteiger partial charge in [0.05, 0.1) is 18.2 Å². The van der Waals surface area contributed by atoms with E-state index in [1.807, 2.05) is 0 Å². The Kier molecular flexibility index (Phi) is 7.43. The number of aliphatic imine (C=N–C) groups is 1. The number of rotatable bonds is 7. The smallest absolute Gasteiger partial charge is 0.191 e. The van der Waals surface area contributed by atoms with Crippen LogP contribution in [-0.4, -0.2) is 60.5 Å². The number of ether oxygens (including phenoxy) is 1. The molecule has 2 atom stereocenters. The van der Waals surface area contributed by atoms with Crippen LogP contribution < -0.4 is 10.6 Å². The van der Waals surface area contributed by atoms with Gasteiger partial charge in [-0.15, -0.1) is 0 Å². The van der Waals surface area contributed by atoms with Crippen LogP contribution in [0.5, 0.6) is 0 Å². The molecule has 2 fully saturated rings. The molecule has 1 aliphatic heterocycles. The van der Waals surface area contributed by atoms with Crippen molar-refractivity contribution in [2.45, 2.75) is 77.8 Å². The van der Waals surface area contributed by atoms with Crippen LogP contribution in [0.1, 0.15) is 58.1 Å². The number of likely N-dealkylation sites (tertiary alicyclic amines) is 1. The maximum absolute atomic E-state index is 9.66. The van der Waals surface area contributed by atoms with Gasteiger partial charge in [0.25, 0.3) is 0 Å². The molecule has 2 aliphatic rings. The molecule has 1 aromatic rings. The summed E-state index contributed by atoms with van der Waals surface area (Å²) in [6.07, 6.45) is 2.63. The zero-order valence-corrected chi connectivity index (χ0v) is 19.4. The van der Waals surface area contributed by atoms with Gasteiger partial charge in [-0.1, -0.05) is 38.1 Å². The van der Waals surface area contributed by atoms with Crippen LogP contribution in [0.15, 0.2) is 29.3 Å². The van der Waals surface area contributed by atoms with Gasteiger partial charge >= 0.3 is 0 Å². The molecule has 1 aliphatic carbocycles. The standard InChI is InChI=1S/C24H40N4O2/c1-6-25-22(27-21-15-24(4,30-5)23(21,2)3)26-16-18-7-9-19(10-8-18)17-28-13-11-20(29)12-14-28/h7-10,20-21,29H,6,11-17H2,1-5H3,(H2,25,26,27). The molecule has 0 bridgehead atoms. The largest absolute Gasteiger partial charge is 0.393 e. The van der Waals surface area contributed by atoms with Gasteiger partial charge in [0.15, 0.2) is 5.96 Å². The Morgan fingerprint density at radius 2 is 1.80 bits per heavy atom.